The van der Waals surface area contributed by atoms with E-state index in [0.717, 1.165) is 56.0 Å². The lowest BCUT2D eigenvalue weighted by molar-refractivity contribution is 0.0974. The molecule has 4 rings (SSSR count). The van der Waals surface area contributed by atoms with Crippen LogP contribution < -0.4 is 0 Å². The number of nitrogens with zero attached hydrogens (tertiary/aromatic N) is 1. The fourth-order valence-electron chi connectivity index (χ4n) is 3.77. The van der Waals surface area contributed by atoms with Gasteiger partial charge in [0.2, 0.25) is 0 Å². The summed E-state index contributed by atoms with van der Waals surface area (Å²) < 4.78 is 19.1. The van der Waals surface area contributed by atoms with Crippen molar-refractivity contribution in [1.82, 2.24) is 4.90 Å². The first kappa shape index (κ1) is 21.3. The molecule has 0 N–H and O–H groups in total. The number of halogens is 2. The molecule has 152 valence electrons. The molecule has 0 saturated heterocycles. The van der Waals surface area contributed by atoms with E-state index in [2.05, 4.69) is 23.1 Å². The Balaban J connectivity index is 0.00000240. The molecule has 0 saturated carbocycles. The van der Waals surface area contributed by atoms with E-state index < -0.39 is 0 Å². The maximum Gasteiger partial charge on any atom is 0.162 e. The molecule has 0 amide bonds. The third-order valence-electron chi connectivity index (χ3n) is 5.27. The second-order valence-corrected chi connectivity index (χ2v) is 7.34. The third-order valence-corrected chi connectivity index (χ3v) is 5.27. The molecule has 0 aliphatic carbocycles. The van der Waals surface area contributed by atoms with E-state index in [4.69, 9.17) is 4.42 Å². The molecule has 2 aromatic carbocycles. The average Bonchev–Trinajstić information content (AvgIpc) is 3.02. The number of rotatable bonds is 6. The van der Waals surface area contributed by atoms with Crippen LogP contribution in [0.2, 0.25) is 0 Å². The molecule has 1 aromatic heterocycles. The summed E-state index contributed by atoms with van der Waals surface area (Å²) >= 11 is 0. The van der Waals surface area contributed by atoms with Crippen LogP contribution in [0.15, 0.2) is 65.1 Å². The molecule has 29 heavy (non-hydrogen) atoms. The molecular weight excluding hydrogens is 389 g/mol. The highest BCUT2D eigenvalue weighted by Crippen LogP contribution is 2.29. The normalized spacial score (nSPS) is 14.0. The summed E-state index contributed by atoms with van der Waals surface area (Å²) in [7, 11) is 0. The Bertz CT molecular complexity index is 937. The summed E-state index contributed by atoms with van der Waals surface area (Å²) in [5.74, 6) is 1.78. The van der Waals surface area contributed by atoms with Crippen LogP contribution in [0, 0.1) is 5.82 Å². The maximum absolute atomic E-state index is 13.0. The SMILES string of the molecule is Cl.O=C(CCCN1CCCc2oc(-c3ccccc3)cc2C1)c1ccc(F)cc1. The number of benzene rings is 2. The Morgan fingerprint density at radius 2 is 1.83 bits per heavy atom. The van der Waals surface area contributed by atoms with Crippen molar-refractivity contribution in [2.75, 3.05) is 13.1 Å². The molecule has 0 unspecified atom stereocenters. The molecular formula is C24H25ClFNO2. The van der Waals surface area contributed by atoms with Gasteiger partial charge in [-0.05, 0) is 56.3 Å². The first-order chi connectivity index (χ1) is 13.7. The quantitative estimate of drug-likeness (QED) is 0.470. The van der Waals surface area contributed by atoms with E-state index in [0.29, 0.717) is 12.0 Å². The summed E-state index contributed by atoms with van der Waals surface area (Å²) in [6.45, 7) is 2.74. The van der Waals surface area contributed by atoms with Crippen molar-refractivity contribution < 1.29 is 13.6 Å². The number of furan rings is 1. The highest BCUT2D eigenvalue weighted by Gasteiger charge is 2.19. The number of hydrogen-bond donors (Lipinski definition) is 0. The molecule has 0 spiro atoms. The van der Waals surface area contributed by atoms with Crippen LogP contribution in [-0.4, -0.2) is 23.8 Å². The number of hydrogen-bond acceptors (Lipinski definition) is 3. The zero-order valence-corrected chi connectivity index (χ0v) is 17.1. The number of aryl methyl sites for hydroxylation is 1. The second-order valence-electron chi connectivity index (χ2n) is 7.34. The van der Waals surface area contributed by atoms with E-state index in [-0.39, 0.29) is 24.0 Å². The molecule has 0 radical (unpaired) electrons. The van der Waals surface area contributed by atoms with Gasteiger partial charge in [-0.2, -0.15) is 0 Å². The van der Waals surface area contributed by atoms with Gasteiger partial charge in [-0.3, -0.25) is 9.69 Å². The van der Waals surface area contributed by atoms with Crippen molar-refractivity contribution in [1.29, 1.82) is 0 Å². The number of fused-ring (bicyclic) bond motifs is 1. The number of Topliss-reactive ketones (excluding diaryl/α,β-unsaturated/α-hetero) is 1. The number of carbonyl (C=O) groups excluding carboxylic acids is 1. The van der Waals surface area contributed by atoms with Gasteiger partial charge in [-0.1, -0.05) is 30.3 Å². The zero-order chi connectivity index (χ0) is 19.3. The lowest BCUT2D eigenvalue weighted by atomic mass is 10.1. The highest BCUT2D eigenvalue weighted by atomic mass is 35.5. The van der Waals surface area contributed by atoms with E-state index >= 15 is 0 Å². The van der Waals surface area contributed by atoms with Gasteiger partial charge in [0.1, 0.15) is 17.3 Å². The molecule has 1 aliphatic rings. The molecule has 3 nitrogen and oxygen atoms in total. The molecule has 3 aromatic rings. The van der Waals surface area contributed by atoms with E-state index in [1.165, 1.54) is 17.7 Å². The Morgan fingerprint density at radius 3 is 2.59 bits per heavy atom. The fourth-order valence-corrected chi connectivity index (χ4v) is 3.77. The Labute approximate surface area is 176 Å². The summed E-state index contributed by atoms with van der Waals surface area (Å²) in [6, 6.07) is 18.1. The van der Waals surface area contributed by atoms with Crippen molar-refractivity contribution in [3.8, 4) is 11.3 Å². The van der Waals surface area contributed by atoms with E-state index in [1.54, 1.807) is 12.1 Å². The van der Waals surface area contributed by atoms with Gasteiger partial charge in [0.05, 0.1) is 0 Å². The predicted molar refractivity (Wildman–Crippen MR) is 115 cm³/mol. The minimum absolute atomic E-state index is 0. The molecule has 0 fully saturated rings. The van der Waals surface area contributed by atoms with Crippen LogP contribution in [0.5, 0.6) is 0 Å². The Kier molecular flexibility index (Phi) is 7.24. The van der Waals surface area contributed by atoms with Gasteiger partial charge < -0.3 is 4.42 Å². The second kappa shape index (κ2) is 9.86. The summed E-state index contributed by atoms with van der Waals surface area (Å²) in [4.78, 5) is 14.7. The van der Waals surface area contributed by atoms with Crippen molar-refractivity contribution in [3.63, 3.8) is 0 Å². The van der Waals surface area contributed by atoms with Crippen molar-refractivity contribution in [3.05, 3.63) is 83.4 Å². The van der Waals surface area contributed by atoms with Gasteiger partial charge >= 0.3 is 0 Å². The topological polar surface area (TPSA) is 33.5 Å². The van der Waals surface area contributed by atoms with Crippen molar-refractivity contribution in [2.24, 2.45) is 0 Å². The molecule has 1 aliphatic heterocycles. The van der Waals surface area contributed by atoms with E-state index in [9.17, 15) is 9.18 Å². The maximum atomic E-state index is 13.0. The Morgan fingerprint density at radius 1 is 1.07 bits per heavy atom. The van der Waals surface area contributed by atoms with Gasteiger partial charge in [0, 0.05) is 36.1 Å². The van der Waals surface area contributed by atoms with Crippen molar-refractivity contribution in [2.45, 2.75) is 32.2 Å². The summed E-state index contributed by atoms with van der Waals surface area (Å²) in [5.41, 5.74) is 2.94. The van der Waals surface area contributed by atoms with Gasteiger partial charge in [-0.25, -0.2) is 4.39 Å². The van der Waals surface area contributed by atoms with Gasteiger partial charge in [0.25, 0.3) is 0 Å². The first-order valence-electron chi connectivity index (χ1n) is 9.87. The minimum atomic E-state index is -0.313. The van der Waals surface area contributed by atoms with Crippen LogP contribution in [0.3, 0.4) is 0 Å². The first-order valence-corrected chi connectivity index (χ1v) is 9.87. The predicted octanol–water partition coefficient (Wildman–Crippen LogP) is 5.92. The minimum Gasteiger partial charge on any atom is -0.461 e. The molecule has 0 bridgehead atoms. The van der Waals surface area contributed by atoms with Crippen molar-refractivity contribution >= 4 is 18.2 Å². The third kappa shape index (κ3) is 5.34. The van der Waals surface area contributed by atoms with Crippen LogP contribution in [-0.2, 0) is 13.0 Å². The lowest BCUT2D eigenvalue weighted by Crippen LogP contribution is -2.24. The Hall–Kier alpha value is -2.43. The average molecular weight is 414 g/mol. The van der Waals surface area contributed by atoms with Crippen LogP contribution >= 0.6 is 12.4 Å². The van der Waals surface area contributed by atoms with Gasteiger partial charge in [-0.15, -0.1) is 12.4 Å². The van der Waals surface area contributed by atoms with Crippen LogP contribution in [0.1, 0.15) is 40.9 Å². The number of carbonyl (C=O) groups is 1. The zero-order valence-electron chi connectivity index (χ0n) is 16.3. The standard InChI is InChI=1S/C24H24FNO2.ClH/c25-21-12-10-18(11-13-21)22(27)8-4-14-26-15-5-9-23-20(17-26)16-24(28-23)19-6-2-1-3-7-19;/h1-3,6-7,10-13,16H,4-5,8-9,14-15,17H2;1H. The van der Waals surface area contributed by atoms with E-state index in [1.807, 2.05) is 18.2 Å². The largest absolute Gasteiger partial charge is 0.461 e. The smallest absolute Gasteiger partial charge is 0.162 e. The highest BCUT2D eigenvalue weighted by molar-refractivity contribution is 5.95. The monoisotopic (exact) mass is 413 g/mol. The molecule has 2 heterocycles. The molecule has 5 heteroatoms. The fraction of sp³-hybridized carbons (Fsp3) is 0.292. The lowest BCUT2D eigenvalue weighted by Gasteiger charge is -2.19. The van der Waals surface area contributed by atoms with Crippen LogP contribution in [0.4, 0.5) is 4.39 Å². The van der Waals surface area contributed by atoms with Gasteiger partial charge in [0.15, 0.2) is 5.78 Å². The number of ketones is 1. The summed E-state index contributed by atoms with van der Waals surface area (Å²) in [6.07, 6.45) is 3.29. The summed E-state index contributed by atoms with van der Waals surface area (Å²) in [5, 5.41) is 0. The van der Waals surface area contributed by atoms with Crippen LogP contribution in [0.25, 0.3) is 11.3 Å². The molecule has 0 atom stereocenters.